The van der Waals surface area contributed by atoms with Crippen LogP contribution in [-0.4, -0.2) is 50.0 Å². The van der Waals surface area contributed by atoms with Gasteiger partial charge in [0, 0.05) is 28.7 Å². The lowest BCUT2D eigenvalue weighted by molar-refractivity contribution is -0.234. The number of thioether (sulfide) groups is 1. The molecule has 3 aromatic rings. The van der Waals surface area contributed by atoms with Gasteiger partial charge in [-0.25, -0.2) is 9.37 Å². The third kappa shape index (κ3) is 5.32. The minimum Gasteiger partial charge on any atom is -0.384 e. The van der Waals surface area contributed by atoms with Gasteiger partial charge in [0.05, 0.1) is 17.5 Å². The van der Waals surface area contributed by atoms with Crippen molar-refractivity contribution in [3.63, 3.8) is 0 Å². The zero-order valence-corrected chi connectivity index (χ0v) is 22.2. The van der Waals surface area contributed by atoms with Crippen LogP contribution in [0.25, 0.3) is 0 Å². The average molecular weight is 569 g/mol. The zero-order valence-electron chi connectivity index (χ0n) is 20.5. The molecule has 38 heavy (non-hydrogen) atoms. The van der Waals surface area contributed by atoms with Crippen molar-refractivity contribution in [3.8, 4) is 0 Å². The van der Waals surface area contributed by atoms with Gasteiger partial charge in [-0.1, -0.05) is 56.8 Å². The molecular weight excluding hydrogens is 544 g/mol. The van der Waals surface area contributed by atoms with E-state index in [-0.39, 0.29) is 22.3 Å². The predicted octanol–water partition coefficient (Wildman–Crippen LogP) is 4.85. The number of nitrogens with zero attached hydrogens (tertiary/aromatic N) is 4. The number of benzene rings is 1. The minimum atomic E-state index is -4.71. The van der Waals surface area contributed by atoms with Gasteiger partial charge in [0.2, 0.25) is 5.91 Å². The van der Waals surface area contributed by atoms with Crippen LogP contribution in [0.4, 0.5) is 17.6 Å². The normalized spacial score (nSPS) is 17.8. The monoisotopic (exact) mass is 568 g/mol. The number of carbonyl (C=O) groups is 2. The highest BCUT2D eigenvalue weighted by Crippen LogP contribution is 2.50. The Bertz CT molecular complexity index is 1360. The number of hydrogen-bond donors (Lipinski definition) is 2. The van der Waals surface area contributed by atoms with Gasteiger partial charge in [-0.05, 0) is 5.56 Å². The van der Waals surface area contributed by atoms with Crippen molar-refractivity contribution >= 4 is 40.7 Å². The first-order chi connectivity index (χ1) is 17.7. The summed E-state index contributed by atoms with van der Waals surface area (Å²) in [6, 6.07) is 4.84. The van der Waals surface area contributed by atoms with Gasteiger partial charge in [0.15, 0.2) is 5.82 Å². The van der Waals surface area contributed by atoms with E-state index >= 15 is 4.39 Å². The molecule has 1 aliphatic heterocycles. The molecule has 0 saturated carbocycles. The number of aromatic nitrogens is 3. The summed E-state index contributed by atoms with van der Waals surface area (Å²) in [5.41, 5.74) is 6.38. The number of nitrogens with two attached hydrogens (primary N) is 1. The number of halogens is 4. The van der Waals surface area contributed by atoms with Crippen molar-refractivity contribution in [2.45, 2.75) is 43.8 Å². The molecule has 1 aromatic carbocycles. The summed E-state index contributed by atoms with van der Waals surface area (Å²) in [5.74, 6) is -4.49. The lowest BCUT2D eigenvalue weighted by Crippen LogP contribution is -2.60. The summed E-state index contributed by atoms with van der Waals surface area (Å²) in [4.78, 5) is 30.9. The van der Waals surface area contributed by atoms with Crippen LogP contribution in [0.5, 0.6) is 0 Å². The van der Waals surface area contributed by atoms with Gasteiger partial charge >= 0.3 is 6.18 Å². The number of hydrogen-bond acceptors (Lipinski definition) is 7. The summed E-state index contributed by atoms with van der Waals surface area (Å²) in [5, 5.41) is 12.6. The highest BCUT2D eigenvalue weighted by atomic mass is 32.2. The number of likely N-dealkylation sites (tertiary alicyclic amines) is 1. The lowest BCUT2D eigenvalue weighted by atomic mass is 9.82. The Morgan fingerprint density at radius 3 is 2.39 bits per heavy atom. The predicted molar refractivity (Wildman–Crippen MR) is 135 cm³/mol. The van der Waals surface area contributed by atoms with Gasteiger partial charge in [0.25, 0.3) is 5.91 Å². The van der Waals surface area contributed by atoms with Gasteiger partial charge < -0.3 is 10.6 Å². The Labute approximate surface area is 223 Å². The third-order valence-electron chi connectivity index (χ3n) is 6.01. The number of rotatable bonds is 6. The van der Waals surface area contributed by atoms with Crippen LogP contribution in [0.15, 0.2) is 40.2 Å². The Balaban J connectivity index is 1.75. The second-order valence-electron chi connectivity index (χ2n) is 9.79. The van der Waals surface area contributed by atoms with Crippen LogP contribution >= 0.6 is 23.1 Å². The molecular formula is C24H24F4N6O2S2. The molecule has 2 unspecified atom stereocenters. The molecule has 2 aromatic heterocycles. The quantitative estimate of drug-likeness (QED) is 0.190. The molecule has 0 spiro atoms. The summed E-state index contributed by atoms with van der Waals surface area (Å²) in [6.07, 6.45) is -4.71. The molecule has 1 fully saturated rings. The van der Waals surface area contributed by atoms with E-state index < -0.39 is 53.4 Å². The highest BCUT2D eigenvalue weighted by molar-refractivity contribution is 7.98. The van der Waals surface area contributed by atoms with Crippen LogP contribution in [0.3, 0.4) is 0 Å². The first-order valence-corrected chi connectivity index (χ1v) is 13.3. The van der Waals surface area contributed by atoms with Gasteiger partial charge in [-0.15, -0.1) is 11.3 Å². The van der Waals surface area contributed by atoms with Crippen molar-refractivity contribution in [1.29, 1.82) is 5.41 Å². The summed E-state index contributed by atoms with van der Waals surface area (Å²) < 4.78 is 58.2. The number of nitrogen functional groups attached to an aromatic ring is 1. The Hall–Kier alpha value is -3.26. The molecule has 0 aliphatic carbocycles. The van der Waals surface area contributed by atoms with Crippen LogP contribution in [0.2, 0.25) is 0 Å². The standard InChI is InChI=1S/C24H24F4N6O2S2/c1-23(2,3)22(36)33-8-14(24(26,27)28)18(33)17-16(25)21(34(32-17)20(35)15-10-37-11-31-15)38-9-12-4-6-13(7-5-12)19(29)30/h4-7,10-11,14,18H,8-9H2,1-3H3,(H3,29,30). The van der Waals surface area contributed by atoms with Crippen LogP contribution < -0.4 is 5.73 Å². The molecule has 14 heteroatoms. The number of amidine groups is 1. The van der Waals surface area contributed by atoms with Crippen LogP contribution in [0, 0.1) is 22.6 Å². The summed E-state index contributed by atoms with van der Waals surface area (Å²) in [7, 11) is 0. The maximum Gasteiger partial charge on any atom is 0.395 e. The van der Waals surface area contributed by atoms with E-state index in [0.29, 0.717) is 11.1 Å². The molecule has 0 radical (unpaired) electrons. The second kappa shape index (κ2) is 10.1. The zero-order chi connectivity index (χ0) is 28.0. The van der Waals surface area contributed by atoms with Gasteiger partial charge in [-0.2, -0.15) is 23.0 Å². The average Bonchev–Trinajstić information content (AvgIpc) is 3.44. The van der Waals surface area contributed by atoms with E-state index in [1.807, 2.05) is 0 Å². The van der Waals surface area contributed by atoms with Crippen molar-refractivity contribution in [2.24, 2.45) is 17.1 Å². The minimum absolute atomic E-state index is 0.0414. The molecule has 2 atom stereocenters. The lowest BCUT2D eigenvalue weighted by Gasteiger charge is -2.49. The molecule has 4 rings (SSSR count). The van der Waals surface area contributed by atoms with E-state index in [1.54, 1.807) is 45.0 Å². The molecule has 8 nitrogen and oxygen atoms in total. The molecule has 202 valence electrons. The largest absolute Gasteiger partial charge is 0.395 e. The second-order valence-corrected chi connectivity index (χ2v) is 11.5. The topological polar surface area (TPSA) is 118 Å². The fourth-order valence-electron chi connectivity index (χ4n) is 3.97. The van der Waals surface area contributed by atoms with E-state index in [4.69, 9.17) is 11.1 Å². The van der Waals surface area contributed by atoms with Crippen LogP contribution in [-0.2, 0) is 10.5 Å². The van der Waals surface area contributed by atoms with Gasteiger partial charge in [0.1, 0.15) is 22.2 Å². The summed E-state index contributed by atoms with van der Waals surface area (Å²) >= 11 is 2.00. The number of carbonyl (C=O) groups excluding carboxylic acids is 2. The van der Waals surface area contributed by atoms with Crippen LogP contribution in [0.1, 0.15) is 54.1 Å². The first-order valence-electron chi connectivity index (χ1n) is 11.4. The molecule has 3 N–H and O–H groups in total. The number of nitrogens with one attached hydrogen (secondary N) is 1. The maximum atomic E-state index is 15.9. The van der Waals surface area contributed by atoms with E-state index in [0.717, 1.165) is 32.7 Å². The molecule has 0 bridgehead atoms. The van der Waals surface area contributed by atoms with E-state index in [1.165, 1.54) is 10.9 Å². The van der Waals surface area contributed by atoms with Crippen molar-refractivity contribution in [3.05, 3.63) is 63.5 Å². The Morgan fingerprint density at radius 1 is 1.21 bits per heavy atom. The Morgan fingerprint density at radius 2 is 1.87 bits per heavy atom. The van der Waals surface area contributed by atoms with Crippen molar-refractivity contribution < 1.29 is 27.2 Å². The SMILES string of the molecule is CC(C)(C)C(=O)N1CC(C(F)(F)F)C1c1nn(C(=O)c2cscn2)c(SCc2ccc(C(=N)N)cc2)c1F. The first kappa shape index (κ1) is 27.8. The van der Waals surface area contributed by atoms with Crippen molar-refractivity contribution in [2.75, 3.05) is 6.54 Å². The number of thiazole rings is 1. The van der Waals surface area contributed by atoms with E-state index in [2.05, 4.69) is 10.1 Å². The van der Waals surface area contributed by atoms with Gasteiger partial charge in [-0.3, -0.25) is 15.0 Å². The molecule has 3 heterocycles. The smallest absolute Gasteiger partial charge is 0.384 e. The summed E-state index contributed by atoms with van der Waals surface area (Å²) in [6.45, 7) is 4.06. The fraction of sp³-hybridized carbons (Fsp3) is 0.375. The number of amides is 1. The fourth-order valence-corrected chi connectivity index (χ4v) is 5.47. The molecule has 1 saturated heterocycles. The molecule has 1 amide bonds. The maximum absolute atomic E-state index is 15.9. The third-order valence-corrected chi connectivity index (χ3v) is 7.70. The highest BCUT2D eigenvalue weighted by Gasteiger charge is 2.59. The van der Waals surface area contributed by atoms with E-state index in [9.17, 15) is 22.8 Å². The van der Waals surface area contributed by atoms with Crippen molar-refractivity contribution in [1.82, 2.24) is 19.7 Å². The molecule has 1 aliphatic rings. The number of alkyl halides is 3. The Kier molecular flexibility index (Phi) is 7.40.